The Morgan fingerprint density at radius 2 is 1.85 bits per heavy atom. The Kier molecular flexibility index (Phi) is 4.45. The third-order valence-electron chi connectivity index (χ3n) is 4.72. The van der Waals surface area contributed by atoms with Gasteiger partial charge in [0.1, 0.15) is 0 Å². The highest BCUT2D eigenvalue weighted by Crippen LogP contribution is 2.32. The lowest BCUT2D eigenvalue weighted by atomic mass is 9.82. The first-order valence-corrected chi connectivity index (χ1v) is 7.47. The summed E-state index contributed by atoms with van der Waals surface area (Å²) in [6, 6.07) is 0. The third-order valence-corrected chi connectivity index (χ3v) is 4.72. The van der Waals surface area contributed by atoms with Gasteiger partial charge in [-0.25, -0.2) is 0 Å². The Labute approximate surface area is 119 Å². The zero-order valence-corrected chi connectivity index (χ0v) is 12.2. The second-order valence-electron chi connectivity index (χ2n) is 6.45. The van der Waals surface area contributed by atoms with E-state index >= 15 is 0 Å². The van der Waals surface area contributed by atoms with Crippen LogP contribution >= 0.6 is 0 Å². The summed E-state index contributed by atoms with van der Waals surface area (Å²) in [5.41, 5.74) is 0. The lowest BCUT2D eigenvalue weighted by molar-refractivity contribution is -0.145. The Balaban J connectivity index is 1.90. The van der Waals surface area contributed by atoms with Gasteiger partial charge in [0.2, 0.25) is 11.8 Å². The highest BCUT2D eigenvalue weighted by Gasteiger charge is 2.41. The van der Waals surface area contributed by atoms with Gasteiger partial charge < -0.3 is 5.11 Å². The smallest absolute Gasteiger partial charge is 0.306 e. The van der Waals surface area contributed by atoms with Crippen molar-refractivity contribution in [2.75, 3.05) is 6.54 Å². The number of carboxylic acids is 1. The van der Waals surface area contributed by atoms with Crippen molar-refractivity contribution in [3.05, 3.63) is 0 Å². The lowest BCUT2D eigenvalue weighted by Crippen LogP contribution is -2.37. The first kappa shape index (κ1) is 15.0. The Hall–Kier alpha value is -1.39. The average molecular weight is 281 g/mol. The monoisotopic (exact) mass is 281 g/mol. The van der Waals surface area contributed by atoms with E-state index < -0.39 is 5.97 Å². The van der Waals surface area contributed by atoms with Crippen LogP contribution in [0.25, 0.3) is 0 Å². The number of carboxylic acid groups (broad SMARTS) is 1. The fourth-order valence-electron chi connectivity index (χ4n) is 3.27. The van der Waals surface area contributed by atoms with E-state index in [1.165, 1.54) is 4.90 Å². The SMILES string of the molecule is CC(C)C1CC(=O)N(CC2CCC(C(=O)O)CC2)C1=O. The maximum Gasteiger partial charge on any atom is 0.306 e. The van der Waals surface area contributed by atoms with Gasteiger partial charge in [-0.1, -0.05) is 13.8 Å². The molecule has 1 aliphatic carbocycles. The van der Waals surface area contributed by atoms with Gasteiger partial charge >= 0.3 is 5.97 Å². The van der Waals surface area contributed by atoms with Crippen LogP contribution in [-0.4, -0.2) is 34.3 Å². The molecule has 5 heteroatoms. The molecule has 2 rings (SSSR count). The van der Waals surface area contributed by atoms with Gasteiger partial charge in [-0.2, -0.15) is 0 Å². The summed E-state index contributed by atoms with van der Waals surface area (Å²) in [7, 11) is 0. The van der Waals surface area contributed by atoms with Crippen molar-refractivity contribution in [1.82, 2.24) is 4.90 Å². The van der Waals surface area contributed by atoms with E-state index in [2.05, 4.69) is 0 Å². The standard InChI is InChI=1S/C15H23NO4/c1-9(2)12-7-13(17)16(14(12)18)8-10-3-5-11(6-4-10)15(19)20/h9-12H,3-8H2,1-2H3,(H,19,20). The van der Waals surface area contributed by atoms with E-state index in [1.54, 1.807) is 0 Å². The van der Waals surface area contributed by atoms with E-state index in [0.717, 1.165) is 12.8 Å². The predicted molar refractivity (Wildman–Crippen MR) is 72.7 cm³/mol. The second-order valence-corrected chi connectivity index (χ2v) is 6.45. The molecule has 1 saturated heterocycles. The van der Waals surface area contributed by atoms with Crippen LogP contribution in [0.4, 0.5) is 0 Å². The summed E-state index contributed by atoms with van der Waals surface area (Å²) >= 11 is 0. The van der Waals surface area contributed by atoms with Crippen LogP contribution in [0.5, 0.6) is 0 Å². The third kappa shape index (κ3) is 3.02. The molecule has 1 aliphatic heterocycles. The predicted octanol–water partition coefficient (Wildman–Crippen LogP) is 1.91. The molecule has 0 aromatic heterocycles. The average Bonchev–Trinajstić information content (AvgIpc) is 2.67. The molecular weight excluding hydrogens is 258 g/mol. The molecule has 1 saturated carbocycles. The molecule has 1 unspecified atom stereocenters. The Morgan fingerprint density at radius 1 is 1.25 bits per heavy atom. The van der Waals surface area contributed by atoms with Gasteiger partial charge in [-0.05, 0) is 37.5 Å². The van der Waals surface area contributed by atoms with Crippen molar-refractivity contribution in [2.24, 2.45) is 23.7 Å². The van der Waals surface area contributed by atoms with Gasteiger partial charge in [-0.3, -0.25) is 19.3 Å². The first-order chi connectivity index (χ1) is 9.40. The van der Waals surface area contributed by atoms with Gasteiger partial charge in [0.25, 0.3) is 0 Å². The van der Waals surface area contributed by atoms with Crippen molar-refractivity contribution in [3.63, 3.8) is 0 Å². The molecule has 0 aromatic rings. The normalized spacial score (nSPS) is 31.1. The minimum atomic E-state index is -0.725. The number of carbonyl (C=O) groups is 3. The van der Waals surface area contributed by atoms with Crippen LogP contribution in [0.2, 0.25) is 0 Å². The number of hydrogen-bond acceptors (Lipinski definition) is 3. The van der Waals surface area contributed by atoms with Gasteiger partial charge in [0, 0.05) is 18.9 Å². The largest absolute Gasteiger partial charge is 0.481 e. The first-order valence-electron chi connectivity index (χ1n) is 7.47. The summed E-state index contributed by atoms with van der Waals surface area (Å²) < 4.78 is 0. The van der Waals surface area contributed by atoms with E-state index in [0.29, 0.717) is 25.8 Å². The van der Waals surface area contributed by atoms with Crippen LogP contribution in [0, 0.1) is 23.7 Å². The zero-order chi connectivity index (χ0) is 14.9. The maximum atomic E-state index is 12.2. The quantitative estimate of drug-likeness (QED) is 0.799. The van der Waals surface area contributed by atoms with Crippen LogP contribution in [-0.2, 0) is 14.4 Å². The molecule has 0 aromatic carbocycles. The van der Waals surface area contributed by atoms with E-state index in [9.17, 15) is 14.4 Å². The van der Waals surface area contributed by atoms with Crippen LogP contribution in [0.1, 0.15) is 46.0 Å². The van der Waals surface area contributed by atoms with E-state index in [1.807, 2.05) is 13.8 Å². The topological polar surface area (TPSA) is 74.7 Å². The van der Waals surface area contributed by atoms with Crippen molar-refractivity contribution in [3.8, 4) is 0 Å². The minimum Gasteiger partial charge on any atom is -0.481 e. The molecule has 112 valence electrons. The molecule has 1 atom stereocenters. The number of carbonyl (C=O) groups excluding carboxylic acids is 2. The van der Waals surface area contributed by atoms with Crippen molar-refractivity contribution < 1.29 is 19.5 Å². The van der Waals surface area contributed by atoms with Gasteiger partial charge in [0.15, 0.2) is 0 Å². The molecule has 1 N–H and O–H groups in total. The van der Waals surface area contributed by atoms with Crippen molar-refractivity contribution in [2.45, 2.75) is 46.0 Å². The van der Waals surface area contributed by atoms with Crippen molar-refractivity contribution in [1.29, 1.82) is 0 Å². The summed E-state index contributed by atoms with van der Waals surface area (Å²) in [6.45, 7) is 4.42. The highest BCUT2D eigenvalue weighted by molar-refractivity contribution is 6.03. The molecule has 20 heavy (non-hydrogen) atoms. The summed E-state index contributed by atoms with van der Waals surface area (Å²) in [4.78, 5) is 36.5. The molecule has 2 fully saturated rings. The molecule has 2 aliphatic rings. The fourth-order valence-corrected chi connectivity index (χ4v) is 3.27. The number of amides is 2. The molecule has 1 heterocycles. The number of likely N-dealkylation sites (tertiary alicyclic amines) is 1. The maximum absolute atomic E-state index is 12.2. The number of nitrogens with zero attached hydrogens (tertiary/aromatic N) is 1. The molecule has 5 nitrogen and oxygen atoms in total. The van der Waals surface area contributed by atoms with Gasteiger partial charge in [-0.15, -0.1) is 0 Å². The molecule has 0 bridgehead atoms. The molecule has 2 amide bonds. The molecule has 0 radical (unpaired) electrons. The molecular formula is C15H23NO4. The van der Waals surface area contributed by atoms with Crippen LogP contribution < -0.4 is 0 Å². The zero-order valence-electron chi connectivity index (χ0n) is 12.2. The van der Waals surface area contributed by atoms with Gasteiger partial charge in [0.05, 0.1) is 5.92 Å². The van der Waals surface area contributed by atoms with E-state index in [4.69, 9.17) is 5.11 Å². The van der Waals surface area contributed by atoms with Crippen molar-refractivity contribution >= 4 is 17.8 Å². The highest BCUT2D eigenvalue weighted by atomic mass is 16.4. The summed E-state index contributed by atoms with van der Waals surface area (Å²) in [5.74, 6) is -0.780. The number of aliphatic carboxylic acids is 1. The summed E-state index contributed by atoms with van der Waals surface area (Å²) in [6.07, 6.45) is 3.23. The summed E-state index contributed by atoms with van der Waals surface area (Å²) in [5, 5.41) is 8.97. The van der Waals surface area contributed by atoms with Crippen LogP contribution in [0.15, 0.2) is 0 Å². The molecule has 0 spiro atoms. The minimum absolute atomic E-state index is 0.0367. The Bertz CT molecular complexity index is 410. The Morgan fingerprint density at radius 3 is 2.30 bits per heavy atom. The number of imide groups is 1. The van der Waals surface area contributed by atoms with Crippen LogP contribution in [0.3, 0.4) is 0 Å². The second kappa shape index (κ2) is 5.94. The number of hydrogen-bond donors (Lipinski definition) is 1. The fraction of sp³-hybridized carbons (Fsp3) is 0.800. The number of rotatable bonds is 4. The van der Waals surface area contributed by atoms with E-state index in [-0.39, 0.29) is 35.5 Å². The lowest BCUT2D eigenvalue weighted by Gasteiger charge is -2.29.